The molecule has 1 rings (SSSR count). The molecule has 154 valence electrons. The number of ketones is 4. The van der Waals surface area contributed by atoms with Gasteiger partial charge in [-0.3, -0.25) is 19.2 Å². The third kappa shape index (κ3) is 3.31. The molecular weight excluding hydrogens is 432 g/mol. The van der Waals surface area contributed by atoms with Gasteiger partial charge in [0.25, 0.3) is 0 Å². The van der Waals surface area contributed by atoms with Gasteiger partial charge < -0.3 is 29.9 Å². The van der Waals surface area contributed by atoms with Crippen molar-refractivity contribution in [2.45, 2.75) is 74.9 Å². The van der Waals surface area contributed by atoms with Crippen molar-refractivity contribution in [3.05, 3.63) is 0 Å². The van der Waals surface area contributed by atoms with E-state index in [1.807, 2.05) is 0 Å². The monoisotopic (exact) mass is 454 g/mol. The standard InChI is InChI=1S/C16H23BrO10/c1-6(18)11(22)12-14(23,7(2)19)16(25,9(4)21)15(24,8(3)20)13(27-12)26-10(5)17/h10-13,22-25H,1-5H3/t10?,11?,12-,13?,14+,15+,16+/m1/s1. The van der Waals surface area contributed by atoms with E-state index in [4.69, 9.17) is 9.47 Å². The fourth-order valence-electron chi connectivity index (χ4n) is 3.23. The minimum absolute atomic E-state index is 0.721. The van der Waals surface area contributed by atoms with Crippen LogP contribution in [0.1, 0.15) is 34.6 Å². The van der Waals surface area contributed by atoms with Crippen molar-refractivity contribution < 1.29 is 49.1 Å². The van der Waals surface area contributed by atoms with Gasteiger partial charge >= 0.3 is 0 Å². The Bertz CT molecular complexity index is 664. The summed E-state index contributed by atoms with van der Waals surface area (Å²) in [4.78, 5) is 48.6. The number of Topliss-reactive ketones (excluding diaryl/α,β-unsaturated/α-hetero) is 4. The highest BCUT2D eigenvalue weighted by atomic mass is 79.9. The maximum absolute atomic E-state index is 12.4. The van der Waals surface area contributed by atoms with Crippen molar-refractivity contribution in [3.8, 4) is 0 Å². The van der Waals surface area contributed by atoms with Crippen molar-refractivity contribution in [1.82, 2.24) is 0 Å². The molecule has 0 bridgehead atoms. The Morgan fingerprint density at radius 1 is 0.963 bits per heavy atom. The predicted molar refractivity (Wildman–Crippen MR) is 91.7 cm³/mol. The van der Waals surface area contributed by atoms with E-state index < -0.39 is 63.4 Å². The van der Waals surface area contributed by atoms with Gasteiger partial charge in [0.05, 0.1) is 0 Å². The first kappa shape index (κ1) is 24.0. The normalized spacial score (nSPS) is 38.7. The summed E-state index contributed by atoms with van der Waals surface area (Å²) < 4.78 is 10.5. The summed E-state index contributed by atoms with van der Waals surface area (Å²) in [5, 5.41) is 42.4. The van der Waals surface area contributed by atoms with E-state index in [2.05, 4.69) is 15.9 Å². The summed E-state index contributed by atoms with van der Waals surface area (Å²) in [6.07, 6.45) is -6.51. The number of halogens is 1. The molecule has 11 heteroatoms. The van der Waals surface area contributed by atoms with Crippen LogP contribution in [0, 0.1) is 0 Å². The number of aliphatic hydroxyl groups is 4. The molecule has 0 aromatic rings. The summed E-state index contributed by atoms with van der Waals surface area (Å²) in [6.45, 7) is 4.56. The van der Waals surface area contributed by atoms with E-state index in [1.54, 1.807) is 0 Å². The first-order chi connectivity index (χ1) is 12.1. The molecule has 0 spiro atoms. The first-order valence-corrected chi connectivity index (χ1v) is 8.85. The van der Waals surface area contributed by atoms with E-state index in [0.717, 1.165) is 27.7 Å². The average molecular weight is 455 g/mol. The van der Waals surface area contributed by atoms with Crippen LogP contribution in [0.3, 0.4) is 0 Å². The van der Waals surface area contributed by atoms with E-state index >= 15 is 0 Å². The quantitative estimate of drug-likeness (QED) is 0.328. The molecule has 3 unspecified atom stereocenters. The second-order valence-corrected chi connectivity index (χ2v) is 7.82. The number of ether oxygens (including phenoxy) is 2. The van der Waals surface area contributed by atoms with Crippen LogP contribution in [0.2, 0.25) is 0 Å². The summed E-state index contributed by atoms with van der Waals surface area (Å²) in [6, 6.07) is 0. The molecule has 0 aromatic carbocycles. The Labute approximate surface area is 163 Å². The molecule has 1 heterocycles. The Balaban J connectivity index is 3.92. The average Bonchev–Trinajstić information content (AvgIpc) is 2.53. The number of carbonyl (C=O) groups is 4. The number of hydrogen-bond donors (Lipinski definition) is 4. The summed E-state index contributed by atoms with van der Waals surface area (Å²) in [7, 11) is 0. The van der Waals surface area contributed by atoms with Crippen LogP contribution < -0.4 is 0 Å². The van der Waals surface area contributed by atoms with Crippen LogP contribution in [0.5, 0.6) is 0 Å². The smallest absolute Gasteiger partial charge is 0.213 e. The van der Waals surface area contributed by atoms with Gasteiger partial charge in [-0.15, -0.1) is 0 Å². The van der Waals surface area contributed by atoms with Gasteiger partial charge in [0.2, 0.25) is 11.2 Å². The van der Waals surface area contributed by atoms with Gasteiger partial charge in [-0.25, -0.2) is 0 Å². The molecule has 0 radical (unpaired) electrons. The van der Waals surface area contributed by atoms with E-state index in [0.29, 0.717) is 0 Å². The van der Waals surface area contributed by atoms with Crippen molar-refractivity contribution in [1.29, 1.82) is 0 Å². The third-order valence-corrected chi connectivity index (χ3v) is 4.94. The molecule has 1 aliphatic heterocycles. The number of carbonyl (C=O) groups excluding carboxylic acids is 4. The van der Waals surface area contributed by atoms with Crippen LogP contribution in [0.4, 0.5) is 0 Å². The Morgan fingerprint density at radius 3 is 1.70 bits per heavy atom. The number of hydrogen-bond acceptors (Lipinski definition) is 10. The highest BCUT2D eigenvalue weighted by Crippen LogP contribution is 2.48. The second kappa shape index (κ2) is 7.74. The number of alkyl halides is 1. The largest absolute Gasteiger partial charge is 0.382 e. The second-order valence-electron chi connectivity index (χ2n) is 6.53. The van der Waals surface area contributed by atoms with Gasteiger partial charge in [-0.1, -0.05) is 15.9 Å². The van der Waals surface area contributed by atoms with Gasteiger partial charge in [0.1, 0.15) is 17.2 Å². The SMILES string of the molecule is CC(=O)C(O)[C@H]1OC(OC(C)Br)[C@@](O)(C(C)=O)[C@](O)(C(C)=O)[C@]1(O)C(C)=O. The van der Waals surface area contributed by atoms with E-state index in [9.17, 15) is 39.6 Å². The van der Waals surface area contributed by atoms with Crippen molar-refractivity contribution in [3.63, 3.8) is 0 Å². The fraction of sp³-hybridized carbons (Fsp3) is 0.750. The fourth-order valence-corrected chi connectivity index (χ4v) is 3.42. The predicted octanol–water partition coefficient (Wildman–Crippen LogP) is -1.62. The molecule has 7 atom stereocenters. The summed E-state index contributed by atoms with van der Waals surface area (Å²) in [5.41, 5.74) is -10.0. The van der Waals surface area contributed by atoms with Crippen LogP contribution in [0.15, 0.2) is 0 Å². The zero-order valence-electron chi connectivity index (χ0n) is 15.4. The highest BCUT2D eigenvalue weighted by Gasteiger charge is 2.79. The Kier molecular flexibility index (Phi) is 6.87. The van der Waals surface area contributed by atoms with Crippen LogP contribution >= 0.6 is 15.9 Å². The van der Waals surface area contributed by atoms with Crippen molar-refractivity contribution >= 4 is 39.1 Å². The molecule has 1 fully saturated rings. The maximum Gasteiger partial charge on any atom is 0.213 e. The molecule has 27 heavy (non-hydrogen) atoms. The minimum Gasteiger partial charge on any atom is -0.382 e. The molecule has 1 saturated heterocycles. The summed E-state index contributed by atoms with van der Waals surface area (Å²) >= 11 is 2.98. The molecule has 0 amide bonds. The Hall–Kier alpha value is -1.08. The zero-order valence-corrected chi connectivity index (χ0v) is 17.0. The maximum atomic E-state index is 12.4. The van der Waals surface area contributed by atoms with Crippen molar-refractivity contribution in [2.24, 2.45) is 0 Å². The molecule has 0 aromatic heterocycles. The van der Waals surface area contributed by atoms with Gasteiger partial charge in [-0.05, 0) is 34.6 Å². The van der Waals surface area contributed by atoms with Crippen LogP contribution in [0.25, 0.3) is 0 Å². The van der Waals surface area contributed by atoms with Crippen LogP contribution in [-0.2, 0) is 28.7 Å². The van der Waals surface area contributed by atoms with Gasteiger partial charge in [0.15, 0.2) is 35.0 Å². The lowest BCUT2D eigenvalue weighted by molar-refractivity contribution is -0.373. The van der Waals surface area contributed by atoms with E-state index in [-0.39, 0.29) is 0 Å². The van der Waals surface area contributed by atoms with E-state index in [1.165, 1.54) is 6.92 Å². The molecule has 10 nitrogen and oxygen atoms in total. The lowest BCUT2D eigenvalue weighted by Crippen LogP contribution is -2.87. The first-order valence-electron chi connectivity index (χ1n) is 7.93. The summed E-state index contributed by atoms with van der Waals surface area (Å²) in [5.74, 6) is -4.92. The van der Waals surface area contributed by atoms with Crippen molar-refractivity contribution in [2.75, 3.05) is 0 Å². The van der Waals surface area contributed by atoms with Gasteiger partial charge in [-0.2, -0.15) is 0 Å². The molecule has 4 N–H and O–H groups in total. The molecule has 0 saturated carbocycles. The molecular formula is C16H23BrO10. The lowest BCUT2D eigenvalue weighted by Gasteiger charge is -2.58. The highest BCUT2D eigenvalue weighted by molar-refractivity contribution is 9.09. The minimum atomic E-state index is -3.48. The topological polar surface area (TPSA) is 168 Å². The lowest BCUT2D eigenvalue weighted by atomic mass is 9.60. The molecule has 1 aliphatic rings. The zero-order chi connectivity index (χ0) is 21.5. The number of rotatable bonds is 7. The third-order valence-electron chi connectivity index (χ3n) is 4.72. The van der Waals surface area contributed by atoms with Crippen LogP contribution in [-0.4, -0.2) is 83.9 Å². The number of aliphatic hydroxyl groups excluding tert-OH is 1. The van der Waals surface area contributed by atoms with Gasteiger partial charge in [0, 0.05) is 0 Å². The Morgan fingerprint density at radius 2 is 1.41 bits per heavy atom. The molecule has 0 aliphatic carbocycles.